The largest absolute Gasteiger partial charge is 0.463 e. The van der Waals surface area contributed by atoms with Gasteiger partial charge in [-0.2, -0.15) is 5.10 Å². The summed E-state index contributed by atoms with van der Waals surface area (Å²) in [5.41, 5.74) is 6.17. The number of hydrogen-bond acceptors (Lipinski definition) is 5. The lowest BCUT2D eigenvalue weighted by atomic mass is 10.0. The van der Waals surface area contributed by atoms with Gasteiger partial charge in [0.05, 0.1) is 18.5 Å². The van der Waals surface area contributed by atoms with E-state index >= 15 is 0 Å². The van der Waals surface area contributed by atoms with E-state index in [4.69, 9.17) is 4.74 Å². The van der Waals surface area contributed by atoms with Crippen molar-refractivity contribution < 1.29 is 9.53 Å². The topological polar surface area (TPSA) is 66.3 Å². The highest BCUT2D eigenvalue weighted by molar-refractivity contribution is 6.35. The quantitative estimate of drug-likeness (QED) is 0.312. The standard InChI is InChI=1S/C23H22N4O2/c1-27(22(23(28)29-2)25-24-20-16-10-5-11-17-20)26-21(18-12-6-3-7-13-18)19-14-8-4-9-15-19/h3-17,24H,1-2H3/b25-22-. The van der Waals surface area contributed by atoms with Gasteiger partial charge in [0.2, 0.25) is 0 Å². The smallest absolute Gasteiger partial charge is 0.377 e. The number of methoxy groups -OCH3 is 1. The second kappa shape index (κ2) is 9.85. The molecular weight excluding hydrogens is 364 g/mol. The molecule has 0 unspecified atom stereocenters. The summed E-state index contributed by atoms with van der Waals surface area (Å²) in [5.74, 6) is -0.569. The molecule has 0 spiro atoms. The molecule has 3 aromatic rings. The molecule has 3 aromatic carbocycles. The lowest BCUT2D eigenvalue weighted by Crippen LogP contribution is -2.32. The summed E-state index contributed by atoms with van der Waals surface area (Å²) in [4.78, 5) is 12.3. The van der Waals surface area contributed by atoms with Crippen LogP contribution >= 0.6 is 0 Å². The first kappa shape index (κ1) is 19.8. The summed E-state index contributed by atoms with van der Waals surface area (Å²) in [6.07, 6.45) is 0. The average Bonchev–Trinajstić information content (AvgIpc) is 2.79. The Hall–Kier alpha value is -3.93. The molecule has 1 N–H and O–H groups in total. The number of nitrogens with zero attached hydrogens (tertiary/aromatic N) is 3. The van der Waals surface area contributed by atoms with E-state index in [1.807, 2.05) is 91.0 Å². The Morgan fingerprint density at radius 1 is 0.828 bits per heavy atom. The summed E-state index contributed by atoms with van der Waals surface area (Å²) in [5, 5.41) is 10.3. The molecule has 0 bridgehead atoms. The minimum atomic E-state index is -0.597. The second-order valence-corrected chi connectivity index (χ2v) is 6.11. The normalized spacial score (nSPS) is 10.8. The third-order valence-electron chi connectivity index (χ3n) is 4.08. The number of para-hydroxylation sites is 1. The maximum Gasteiger partial charge on any atom is 0.377 e. The summed E-state index contributed by atoms with van der Waals surface area (Å²) in [7, 11) is 2.97. The summed E-state index contributed by atoms with van der Waals surface area (Å²) in [6, 6.07) is 28.9. The molecule has 3 rings (SSSR count). The number of likely N-dealkylation sites (N-methyl/N-ethyl adjacent to an activating group) is 1. The molecule has 0 saturated carbocycles. The van der Waals surface area contributed by atoms with Gasteiger partial charge in [-0.05, 0) is 12.1 Å². The highest BCUT2D eigenvalue weighted by Crippen LogP contribution is 2.12. The van der Waals surface area contributed by atoms with Crippen LogP contribution in [-0.2, 0) is 9.53 Å². The van der Waals surface area contributed by atoms with E-state index in [1.165, 1.54) is 12.1 Å². The van der Waals surface area contributed by atoms with E-state index in [1.54, 1.807) is 7.05 Å². The predicted octanol–water partition coefficient (Wildman–Crippen LogP) is 3.97. The Kier molecular flexibility index (Phi) is 6.73. The molecule has 0 aromatic heterocycles. The third kappa shape index (κ3) is 5.29. The monoisotopic (exact) mass is 386 g/mol. The summed E-state index contributed by atoms with van der Waals surface area (Å²) in [6.45, 7) is 0. The van der Waals surface area contributed by atoms with E-state index < -0.39 is 5.97 Å². The predicted molar refractivity (Wildman–Crippen MR) is 116 cm³/mol. The maximum atomic E-state index is 12.3. The second-order valence-electron chi connectivity index (χ2n) is 6.11. The lowest BCUT2D eigenvalue weighted by Gasteiger charge is -2.17. The molecule has 6 nitrogen and oxygen atoms in total. The van der Waals surface area contributed by atoms with Crippen LogP contribution in [0, 0.1) is 0 Å². The summed E-state index contributed by atoms with van der Waals surface area (Å²) < 4.78 is 4.89. The van der Waals surface area contributed by atoms with Crippen molar-refractivity contribution in [2.75, 3.05) is 19.6 Å². The van der Waals surface area contributed by atoms with Crippen LogP contribution in [0.5, 0.6) is 0 Å². The minimum Gasteiger partial charge on any atom is -0.463 e. The number of rotatable bonds is 5. The first-order chi connectivity index (χ1) is 14.2. The van der Waals surface area contributed by atoms with Gasteiger partial charge in [0, 0.05) is 18.2 Å². The molecule has 0 radical (unpaired) electrons. The van der Waals surface area contributed by atoms with Crippen molar-refractivity contribution in [3.63, 3.8) is 0 Å². The molecule has 0 saturated heterocycles. The van der Waals surface area contributed by atoms with Crippen molar-refractivity contribution in [1.29, 1.82) is 0 Å². The van der Waals surface area contributed by atoms with Crippen LogP contribution in [0.1, 0.15) is 11.1 Å². The van der Waals surface area contributed by atoms with E-state index in [0.717, 1.165) is 16.8 Å². The molecule has 0 fully saturated rings. The third-order valence-corrected chi connectivity index (χ3v) is 4.08. The van der Waals surface area contributed by atoms with Gasteiger partial charge in [-0.1, -0.05) is 78.9 Å². The zero-order chi connectivity index (χ0) is 20.5. The Bertz CT molecular complexity index is 946. The number of benzene rings is 3. The van der Waals surface area contributed by atoms with Crippen LogP contribution < -0.4 is 5.43 Å². The number of hydrazone groups is 2. The zero-order valence-electron chi connectivity index (χ0n) is 16.3. The number of carbonyl (C=O) groups excluding carboxylic acids is 1. The van der Waals surface area contributed by atoms with Crippen LogP contribution in [-0.4, -0.2) is 36.7 Å². The molecule has 0 aliphatic heterocycles. The van der Waals surface area contributed by atoms with Crippen molar-refractivity contribution in [3.8, 4) is 0 Å². The first-order valence-corrected chi connectivity index (χ1v) is 9.09. The number of anilines is 1. The molecular formula is C23H22N4O2. The molecule has 0 atom stereocenters. The van der Waals surface area contributed by atoms with Crippen LogP contribution in [0.3, 0.4) is 0 Å². The van der Waals surface area contributed by atoms with Crippen molar-refractivity contribution >= 4 is 23.2 Å². The molecule has 0 aliphatic rings. The van der Waals surface area contributed by atoms with Crippen molar-refractivity contribution in [1.82, 2.24) is 5.01 Å². The SMILES string of the molecule is COC(=O)/C(=N/Nc1ccccc1)N(C)N=C(c1ccccc1)c1ccccc1. The number of amidine groups is 1. The van der Waals surface area contributed by atoms with E-state index in [0.29, 0.717) is 5.71 Å². The Morgan fingerprint density at radius 2 is 1.31 bits per heavy atom. The van der Waals surface area contributed by atoms with Gasteiger partial charge >= 0.3 is 5.97 Å². The lowest BCUT2D eigenvalue weighted by molar-refractivity contribution is -0.133. The first-order valence-electron chi connectivity index (χ1n) is 9.09. The molecule has 146 valence electrons. The Labute approximate surface area is 170 Å². The summed E-state index contributed by atoms with van der Waals surface area (Å²) >= 11 is 0. The Morgan fingerprint density at radius 3 is 1.79 bits per heavy atom. The number of esters is 1. The van der Waals surface area contributed by atoms with Gasteiger partial charge in [0.15, 0.2) is 0 Å². The van der Waals surface area contributed by atoms with Gasteiger partial charge in [-0.25, -0.2) is 9.80 Å². The fourth-order valence-electron chi connectivity index (χ4n) is 2.64. The van der Waals surface area contributed by atoms with Crippen LogP contribution in [0.25, 0.3) is 0 Å². The molecule has 0 amide bonds. The number of hydrogen-bond donors (Lipinski definition) is 1. The maximum absolute atomic E-state index is 12.3. The average molecular weight is 386 g/mol. The molecule has 0 heterocycles. The van der Waals surface area contributed by atoms with Crippen LogP contribution in [0.2, 0.25) is 0 Å². The van der Waals surface area contributed by atoms with Crippen LogP contribution in [0.15, 0.2) is 101 Å². The van der Waals surface area contributed by atoms with Crippen molar-refractivity contribution in [2.24, 2.45) is 10.2 Å². The highest BCUT2D eigenvalue weighted by Gasteiger charge is 2.19. The van der Waals surface area contributed by atoms with E-state index in [2.05, 4.69) is 15.6 Å². The minimum absolute atomic E-state index is 0.0284. The zero-order valence-corrected chi connectivity index (χ0v) is 16.3. The van der Waals surface area contributed by atoms with Gasteiger partial charge < -0.3 is 4.74 Å². The fraction of sp³-hybridized carbons (Fsp3) is 0.0870. The fourth-order valence-corrected chi connectivity index (χ4v) is 2.64. The molecule has 6 heteroatoms. The molecule has 0 aliphatic carbocycles. The van der Waals surface area contributed by atoms with E-state index in [-0.39, 0.29) is 5.84 Å². The number of nitrogens with one attached hydrogen (secondary N) is 1. The van der Waals surface area contributed by atoms with Gasteiger partial charge in [-0.3, -0.25) is 5.43 Å². The van der Waals surface area contributed by atoms with Crippen molar-refractivity contribution in [2.45, 2.75) is 0 Å². The highest BCUT2D eigenvalue weighted by atomic mass is 16.5. The van der Waals surface area contributed by atoms with Crippen molar-refractivity contribution in [3.05, 3.63) is 102 Å². The van der Waals surface area contributed by atoms with Gasteiger partial charge in [0.25, 0.3) is 5.84 Å². The van der Waals surface area contributed by atoms with Gasteiger partial charge in [0.1, 0.15) is 0 Å². The number of ether oxygens (including phenoxy) is 1. The van der Waals surface area contributed by atoms with Gasteiger partial charge in [-0.15, -0.1) is 5.10 Å². The van der Waals surface area contributed by atoms with Crippen LogP contribution in [0.4, 0.5) is 5.69 Å². The van der Waals surface area contributed by atoms with E-state index in [9.17, 15) is 4.79 Å². The Balaban J connectivity index is 1.98. The molecule has 29 heavy (non-hydrogen) atoms. The number of carbonyl (C=O) groups is 1.